The third kappa shape index (κ3) is 3.82. The van der Waals surface area contributed by atoms with E-state index in [-0.39, 0.29) is 11.2 Å². The molecule has 0 aliphatic carbocycles. The van der Waals surface area contributed by atoms with Crippen LogP contribution in [0.5, 0.6) is 5.75 Å². The van der Waals surface area contributed by atoms with E-state index in [1.54, 1.807) is 12.1 Å². The monoisotopic (exact) mass is 336 g/mol. The molecular weight excluding hydrogens is 312 g/mol. The lowest BCUT2D eigenvalue weighted by Gasteiger charge is -2.14. The van der Waals surface area contributed by atoms with Crippen molar-refractivity contribution in [2.45, 2.75) is 39.7 Å². The molecule has 3 rings (SSSR count). The van der Waals surface area contributed by atoms with E-state index >= 15 is 0 Å². The molecule has 0 saturated carbocycles. The number of nitrogens with zero attached hydrogens (tertiary/aromatic N) is 3. The molecule has 25 heavy (non-hydrogen) atoms. The maximum atomic E-state index is 10.0. The SMILES string of the molecule is Cc1ccc(O)c(CNc2cc(C(C)(C)C)nn2-c2ccccc2)n1. The van der Waals surface area contributed by atoms with Gasteiger partial charge in [-0.2, -0.15) is 5.10 Å². The highest BCUT2D eigenvalue weighted by molar-refractivity contribution is 5.48. The van der Waals surface area contributed by atoms with Crippen LogP contribution in [-0.4, -0.2) is 19.9 Å². The first-order valence-electron chi connectivity index (χ1n) is 8.40. The first-order chi connectivity index (χ1) is 11.8. The Kier molecular flexibility index (Phi) is 4.49. The molecule has 2 aromatic heterocycles. The van der Waals surface area contributed by atoms with Gasteiger partial charge in [0.2, 0.25) is 0 Å². The molecule has 0 amide bonds. The molecule has 3 aromatic rings. The van der Waals surface area contributed by atoms with E-state index in [9.17, 15) is 5.11 Å². The van der Waals surface area contributed by atoms with Gasteiger partial charge >= 0.3 is 0 Å². The standard InChI is InChI=1S/C20H24N4O/c1-14-10-11-17(25)16(22-14)13-21-19-12-18(20(2,3)4)23-24(19)15-8-6-5-7-9-15/h5-12,21,25H,13H2,1-4H3. The number of nitrogens with one attached hydrogen (secondary N) is 1. The van der Waals surface area contributed by atoms with Gasteiger partial charge in [0.25, 0.3) is 0 Å². The average Bonchev–Trinajstić information content (AvgIpc) is 3.01. The highest BCUT2D eigenvalue weighted by atomic mass is 16.3. The highest BCUT2D eigenvalue weighted by Crippen LogP contribution is 2.27. The molecule has 0 aliphatic rings. The molecule has 0 fully saturated rings. The van der Waals surface area contributed by atoms with E-state index in [0.717, 1.165) is 22.9 Å². The Hall–Kier alpha value is -2.82. The summed E-state index contributed by atoms with van der Waals surface area (Å²) in [7, 11) is 0. The Balaban J connectivity index is 1.94. The molecule has 0 radical (unpaired) electrons. The summed E-state index contributed by atoms with van der Waals surface area (Å²) in [5.41, 5.74) is 3.43. The molecular formula is C20H24N4O. The zero-order valence-electron chi connectivity index (χ0n) is 15.1. The van der Waals surface area contributed by atoms with Crippen molar-refractivity contribution in [2.75, 3.05) is 5.32 Å². The lowest BCUT2D eigenvalue weighted by molar-refractivity contribution is 0.464. The van der Waals surface area contributed by atoms with Gasteiger partial charge in [-0.1, -0.05) is 39.0 Å². The smallest absolute Gasteiger partial charge is 0.138 e. The lowest BCUT2D eigenvalue weighted by Crippen LogP contribution is -2.12. The van der Waals surface area contributed by atoms with Gasteiger partial charge in [-0.15, -0.1) is 0 Å². The van der Waals surface area contributed by atoms with Crippen molar-refractivity contribution in [1.29, 1.82) is 0 Å². The van der Waals surface area contributed by atoms with Gasteiger partial charge in [-0.05, 0) is 31.2 Å². The van der Waals surface area contributed by atoms with Gasteiger partial charge in [0, 0.05) is 17.2 Å². The van der Waals surface area contributed by atoms with Crippen LogP contribution in [0.15, 0.2) is 48.5 Å². The van der Waals surface area contributed by atoms with Crippen molar-refractivity contribution >= 4 is 5.82 Å². The summed E-state index contributed by atoms with van der Waals surface area (Å²) in [4.78, 5) is 4.40. The van der Waals surface area contributed by atoms with Crippen molar-refractivity contribution in [3.8, 4) is 11.4 Å². The number of aryl methyl sites for hydroxylation is 1. The van der Waals surface area contributed by atoms with Crippen LogP contribution in [0.1, 0.15) is 37.9 Å². The number of hydrogen-bond donors (Lipinski definition) is 2. The van der Waals surface area contributed by atoms with Crippen molar-refractivity contribution in [3.05, 3.63) is 65.6 Å². The molecule has 0 unspecified atom stereocenters. The van der Waals surface area contributed by atoms with Gasteiger partial charge < -0.3 is 10.4 Å². The Morgan fingerprint density at radius 1 is 1.08 bits per heavy atom. The van der Waals surface area contributed by atoms with Crippen LogP contribution in [-0.2, 0) is 12.0 Å². The predicted octanol–water partition coefficient (Wildman–Crippen LogP) is 4.19. The van der Waals surface area contributed by atoms with E-state index in [2.05, 4.69) is 37.1 Å². The lowest BCUT2D eigenvalue weighted by atomic mass is 9.92. The number of para-hydroxylation sites is 1. The Labute approximate surface area is 148 Å². The van der Waals surface area contributed by atoms with E-state index in [0.29, 0.717) is 12.2 Å². The fourth-order valence-electron chi connectivity index (χ4n) is 2.55. The quantitative estimate of drug-likeness (QED) is 0.750. The van der Waals surface area contributed by atoms with Crippen LogP contribution in [0.25, 0.3) is 5.69 Å². The molecule has 2 N–H and O–H groups in total. The maximum absolute atomic E-state index is 10.0. The van der Waals surface area contributed by atoms with Crippen LogP contribution >= 0.6 is 0 Å². The van der Waals surface area contributed by atoms with Crippen LogP contribution < -0.4 is 5.32 Å². The van der Waals surface area contributed by atoms with Crippen LogP contribution in [0.4, 0.5) is 5.82 Å². The summed E-state index contributed by atoms with van der Waals surface area (Å²) < 4.78 is 1.90. The molecule has 0 spiro atoms. The fraction of sp³-hybridized carbons (Fsp3) is 0.300. The predicted molar refractivity (Wildman–Crippen MR) is 100 cm³/mol. The van der Waals surface area contributed by atoms with E-state index in [1.165, 1.54) is 0 Å². The number of rotatable bonds is 4. The van der Waals surface area contributed by atoms with Crippen molar-refractivity contribution < 1.29 is 5.11 Å². The van der Waals surface area contributed by atoms with Gasteiger partial charge in [-0.25, -0.2) is 4.68 Å². The minimum absolute atomic E-state index is 0.0554. The maximum Gasteiger partial charge on any atom is 0.138 e. The van der Waals surface area contributed by atoms with E-state index < -0.39 is 0 Å². The van der Waals surface area contributed by atoms with Crippen molar-refractivity contribution in [1.82, 2.24) is 14.8 Å². The summed E-state index contributed by atoms with van der Waals surface area (Å²) in [6.07, 6.45) is 0. The molecule has 0 atom stereocenters. The van der Waals surface area contributed by atoms with Crippen molar-refractivity contribution in [3.63, 3.8) is 0 Å². The zero-order valence-corrected chi connectivity index (χ0v) is 15.1. The third-order valence-electron chi connectivity index (χ3n) is 4.00. The summed E-state index contributed by atoms with van der Waals surface area (Å²) in [6, 6.07) is 15.5. The topological polar surface area (TPSA) is 63.0 Å². The number of anilines is 1. The van der Waals surface area contributed by atoms with Gasteiger partial charge in [0.1, 0.15) is 17.3 Å². The largest absolute Gasteiger partial charge is 0.506 e. The number of aromatic hydroxyl groups is 1. The number of hydrogen-bond acceptors (Lipinski definition) is 4. The first-order valence-corrected chi connectivity index (χ1v) is 8.40. The van der Waals surface area contributed by atoms with Crippen LogP contribution in [0.2, 0.25) is 0 Å². The second-order valence-corrected chi connectivity index (χ2v) is 7.18. The second kappa shape index (κ2) is 6.59. The van der Waals surface area contributed by atoms with Crippen LogP contribution in [0.3, 0.4) is 0 Å². The van der Waals surface area contributed by atoms with E-state index in [1.807, 2.05) is 41.9 Å². The summed E-state index contributed by atoms with van der Waals surface area (Å²) >= 11 is 0. The summed E-state index contributed by atoms with van der Waals surface area (Å²) in [5.74, 6) is 1.07. The Morgan fingerprint density at radius 3 is 2.48 bits per heavy atom. The molecule has 5 nitrogen and oxygen atoms in total. The number of aromatic nitrogens is 3. The summed E-state index contributed by atoms with van der Waals surface area (Å²) in [6.45, 7) is 8.76. The zero-order chi connectivity index (χ0) is 18.0. The molecule has 0 bridgehead atoms. The highest BCUT2D eigenvalue weighted by Gasteiger charge is 2.20. The Morgan fingerprint density at radius 2 is 1.80 bits per heavy atom. The van der Waals surface area contributed by atoms with Gasteiger partial charge in [0.15, 0.2) is 0 Å². The van der Waals surface area contributed by atoms with Crippen LogP contribution in [0, 0.1) is 6.92 Å². The van der Waals surface area contributed by atoms with Gasteiger partial charge in [-0.3, -0.25) is 4.98 Å². The van der Waals surface area contributed by atoms with E-state index in [4.69, 9.17) is 5.10 Å². The first kappa shape index (κ1) is 17.0. The minimum Gasteiger partial charge on any atom is -0.506 e. The number of pyridine rings is 1. The molecule has 2 heterocycles. The average molecular weight is 336 g/mol. The Bertz CT molecular complexity index is 863. The molecule has 0 saturated heterocycles. The normalized spacial score (nSPS) is 11.5. The summed E-state index contributed by atoms with van der Waals surface area (Å²) in [5, 5.41) is 18.2. The second-order valence-electron chi connectivity index (χ2n) is 7.18. The van der Waals surface area contributed by atoms with Gasteiger partial charge in [0.05, 0.1) is 17.9 Å². The third-order valence-corrected chi connectivity index (χ3v) is 4.00. The fourth-order valence-corrected chi connectivity index (χ4v) is 2.55. The molecule has 0 aliphatic heterocycles. The van der Waals surface area contributed by atoms with Crippen molar-refractivity contribution in [2.24, 2.45) is 0 Å². The molecule has 1 aromatic carbocycles. The molecule has 5 heteroatoms. The minimum atomic E-state index is -0.0554. The number of benzene rings is 1. The molecule has 130 valence electrons.